The fourth-order valence-corrected chi connectivity index (χ4v) is 5.74. The molecule has 0 radical (unpaired) electrons. The number of nitrogens with zero attached hydrogens (tertiary/aromatic N) is 5. The number of aryl methyl sites for hydroxylation is 2. The molecule has 202 valence electrons. The number of benzene rings is 2. The number of rotatable bonds is 8. The van der Waals surface area contributed by atoms with Crippen LogP contribution in [0, 0.1) is 13.8 Å². The van der Waals surface area contributed by atoms with Gasteiger partial charge in [-0.1, -0.05) is 47.7 Å². The van der Waals surface area contributed by atoms with Crippen LogP contribution in [-0.2, 0) is 4.79 Å². The van der Waals surface area contributed by atoms with Crippen molar-refractivity contribution in [1.29, 1.82) is 0 Å². The number of furan rings is 1. The highest BCUT2D eigenvalue weighted by Gasteiger charge is 2.30. The summed E-state index contributed by atoms with van der Waals surface area (Å²) in [6.07, 6.45) is 2.80. The van der Waals surface area contributed by atoms with Crippen LogP contribution in [0.2, 0.25) is 0 Å². The van der Waals surface area contributed by atoms with Crippen molar-refractivity contribution in [1.82, 2.24) is 24.6 Å². The molecule has 2 amide bonds. The van der Waals surface area contributed by atoms with Gasteiger partial charge in [0.1, 0.15) is 0 Å². The second-order valence-electron chi connectivity index (χ2n) is 9.91. The van der Waals surface area contributed by atoms with Gasteiger partial charge < -0.3 is 14.2 Å². The fourth-order valence-electron chi connectivity index (χ4n) is 4.85. The molecular weight excluding hydrogens is 510 g/mol. The van der Waals surface area contributed by atoms with Gasteiger partial charge in [-0.3, -0.25) is 14.2 Å². The molecule has 0 spiro atoms. The number of piperazine rings is 1. The minimum atomic E-state index is -0.0303. The maximum absolute atomic E-state index is 13.1. The molecule has 5 rings (SSSR count). The molecule has 1 fully saturated rings. The van der Waals surface area contributed by atoms with Crippen molar-refractivity contribution < 1.29 is 14.0 Å². The molecule has 1 atom stereocenters. The predicted molar refractivity (Wildman–Crippen MR) is 152 cm³/mol. The number of carbonyl (C=O) groups is 2. The first-order valence-electron chi connectivity index (χ1n) is 13.3. The first-order valence-corrected chi connectivity index (χ1v) is 14.2. The maximum Gasteiger partial charge on any atom is 0.254 e. The highest BCUT2D eigenvalue weighted by Crippen LogP contribution is 2.29. The molecule has 2 aromatic carbocycles. The monoisotopic (exact) mass is 543 g/mol. The van der Waals surface area contributed by atoms with E-state index in [0.717, 1.165) is 34.1 Å². The fraction of sp³-hybridized carbons (Fsp3) is 0.333. The van der Waals surface area contributed by atoms with E-state index in [0.29, 0.717) is 37.6 Å². The Bertz CT molecular complexity index is 1430. The summed E-state index contributed by atoms with van der Waals surface area (Å²) >= 11 is 1.58. The van der Waals surface area contributed by atoms with Crippen molar-refractivity contribution in [2.45, 2.75) is 44.8 Å². The number of thioether (sulfide) groups is 1. The Morgan fingerprint density at radius 2 is 1.79 bits per heavy atom. The topological polar surface area (TPSA) is 84.5 Å². The standard InChI is InChI=1S/C30H33N5O3S/c1-21-12-14-24(15-13-21)35-28(26-10-6-18-38-26)31-32-30(35)39-19-7-11-27(36)33-16-17-34(23(3)20-33)29(37)25-9-5-4-8-22(25)2/h4-6,8-10,12-15,18,23H,7,11,16-17,19-20H2,1-3H3. The highest BCUT2D eigenvalue weighted by atomic mass is 32.2. The lowest BCUT2D eigenvalue weighted by Gasteiger charge is -2.40. The van der Waals surface area contributed by atoms with Crippen molar-refractivity contribution >= 4 is 23.6 Å². The molecule has 0 N–H and O–H groups in total. The quantitative estimate of drug-likeness (QED) is 0.219. The molecule has 4 aromatic rings. The van der Waals surface area contributed by atoms with Gasteiger partial charge in [-0.15, -0.1) is 10.2 Å². The summed E-state index contributed by atoms with van der Waals surface area (Å²) in [5.41, 5.74) is 3.84. The second kappa shape index (κ2) is 11.9. The van der Waals surface area contributed by atoms with Crippen molar-refractivity contribution in [2.24, 2.45) is 0 Å². The lowest BCUT2D eigenvalue weighted by atomic mass is 10.1. The van der Waals surface area contributed by atoms with E-state index in [4.69, 9.17) is 4.42 Å². The van der Waals surface area contributed by atoms with E-state index in [2.05, 4.69) is 29.3 Å². The third-order valence-electron chi connectivity index (χ3n) is 7.05. The average Bonchev–Trinajstić information content (AvgIpc) is 3.62. The first kappa shape index (κ1) is 26.7. The summed E-state index contributed by atoms with van der Waals surface area (Å²) in [6, 6.07) is 19.5. The van der Waals surface area contributed by atoms with Crippen LogP contribution >= 0.6 is 11.8 Å². The summed E-state index contributed by atoms with van der Waals surface area (Å²) in [5, 5.41) is 9.58. The molecule has 0 bridgehead atoms. The van der Waals surface area contributed by atoms with E-state index in [-0.39, 0.29) is 17.9 Å². The summed E-state index contributed by atoms with van der Waals surface area (Å²) in [7, 11) is 0. The molecule has 8 nitrogen and oxygen atoms in total. The summed E-state index contributed by atoms with van der Waals surface area (Å²) in [5.74, 6) is 2.20. The molecule has 3 heterocycles. The van der Waals surface area contributed by atoms with Crippen LogP contribution in [0.25, 0.3) is 17.3 Å². The Kier molecular flexibility index (Phi) is 8.16. The van der Waals surface area contributed by atoms with Gasteiger partial charge in [-0.2, -0.15) is 0 Å². The van der Waals surface area contributed by atoms with E-state index in [1.165, 1.54) is 5.56 Å². The Morgan fingerprint density at radius 3 is 2.51 bits per heavy atom. The summed E-state index contributed by atoms with van der Waals surface area (Å²) in [4.78, 5) is 29.9. The number of carbonyl (C=O) groups excluding carboxylic acids is 2. The molecule has 1 saturated heterocycles. The molecule has 1 aliphatic rings. The van der Waals surface area contributed by atoms with Crippen molar-refractivity contribution in [2.75, 3.05) is 25.4 Å². The summed E-state index contributed by atoms with van der Waals surface area (Å²) in [6.45, 7) is 7.68. The average molecular weight is 544 g/mol. The number of amides is 2. The molecule has 9 heteroatoms. The number of aromatic nitrogens is 3. The molecule has 0 saturated carbocycles. The molecule has 39 heavy (non-hydrogen) atoms. The molecule has 1 aliphatic heterocycles. The Hall–Kier alpha value is -3.85. The highest BCUT2D eigenvalue weighted by molar-refractivity contribution is 7.99. The Morgan fingerprint density at radius 1 is 1.00 bits per heavy atom. The number of hydrogen-bond acceptors (Lipinski definition) is 6. The van der Waals surface area contributed by atoms with Crippen LogP contribution in [0.3, 0.4) is 0 Å². The molecule has 2 aromatic heterocycles. The maximum atomic E-state index is 13.1. The van der Waals surface area contributed by atoms with E-state index >= 15 is 0 Å². The zero-order chi connectivity index (χ0) is 27.4. The van der Waals surface area contributed by atoms with Crippen LogP contribution in [0.5, 0.6) is 0 Å². The van der Waals surface area contributed by atoms with Crippen molar-refractivity contribution in [3.8, 4) is 17.3 Å². The third-order valence-corrected chi connectivity index (χ3v) is 8.06. The van der Waals surface area contributed by atoms with Crippen molar-refractivity contribution in [3.05, 3.63) is 83.6 Å². The van der Waals surface area contributed by atoms with E-state index in [1.807, 2.05) is 76.7 Å². The van der Waals surface area contributed by atoms with Crippen molar-refractivity contribution in [3.63, 3.8) is 0 Å². The van der Waals surface area contributed by atoms with Gasteiger partial charge in [0.2, 0.25) is 11.7 Å². The lowest BCUT2D eigenvalue weighted by molar-refractivity contribution is -0.133. The van der Waals surface area contributed by atoms with Gasteiger partial charge in [0.25, 0.3) is 5.91 Å². The molecular formula is C30H33N5O3S. The minimum absolute atomic E-state index is 0.0303. The zero-order valence-corrected chi connectivity index (χ0v) is 23.4. The van der Waals surface area contributed by atoms with Crippen LogP contribution in [-0.4, -0.2) is 67.8 Å². The van der Waals surface area contributed by atoms with E-state index < -0.39 is 0 Å². The Balaban J connectivity index is 1.16. The minimum Gasteiger partial charge on any atom is -0.461 e. The normalized spacial score (nSPS) is 15.5. The predicted octanol–water partition coefficient (Wildman–Crippen LogP) is 5.39. The van der Waals surface area contributed by atoms with Gasteiger partial charge in [-0.05, 0) is 63.1 Å². The smallest absolute Gasteiger partial charge is 0.254 e. The first-order chi connectivity index (χ1) is 18.9. The van der Waals surface area contributed by atoms with Gasteiger partial charge in [0, 0.05) is 49.1 Å². The largest absolute Gasteiger partial charge is 0.461 e. The van der Waals surface area contributed by atoms with Crippen LogP contribution in [0.1, 0.15) is 41.3 Å². The van der Waals surface area contributed by atoms with Gasteiger partial charge in [0.15, 0.2) is 10.9 Å². The van der Waals surface area contributed by atoms with Crippen LogP contribution in [0.4, 0.5) is 0 Å². The SMILES string of the molecule is Cc1ccc(-n2c(SCCCC(=O)N3CCN(C(=O)c4ccccc4C)C(C)C3)nnc2-c2ccco2)cc1. The van der Waals surface area contributed by atoms with Gasteiger partial charge >= 0.3 is 0 Å². The number of hydrogen-bond donors (Lipinski definition) is 0. The lowest BCUT2D eigenvalue weighted by Crippen LogP contribution is -2.55. The molecule has 0 aliphatic carbocycles. The van der Waals surface area contributed by atoms with E-state index in [9.17, 15) is 9.59 Å². The van der Waals surface area contributed by atoms with E-state index in [1.54, 1.807) is 18.0 Å². The third kappa shape index (κ3) is 5.93. The van der Waals surface area contributed by atoms with Crippen LogP contribution in [0.15, 0.2) is 76.5 Å². The summed E-state index contributed by atoms with van der Waals surface area (Å²) < 4.78 is 7.59. The Labute approximate surface area is 233 Å². The van der Waals surface area contributed by atoms with Crippen LogP contribution < -0.4 is 0 Å². The van der Waals surface area contributed by atoms with Gasteiger partial charge in [-0.25, -0.2) is 0 Å². The zero-order valence-electron chi connectivity index (χ0n) is 22.5. The second-order valence-corrected chi connectivity index (χ2v) is 11.0. The molecule has 1 unspecified atom stereocenters. The van der Waals surface area contributed by atoms with Gasteiger partial charge in [0.05, 0.1) is 6.26 Å².